The van der Waals surface area contributed by atoms with Crippen LogP contribution in [0.3, 0.4) is 0 Å². The summed E-state index contributed by atoms with van der Waals surface area (Å²) in [6.07, 6.45) is 0. The Balaban J connectivity index is 2.00. The predicted octanol–water partition coefficient (Wildman–Crippen LogP) is 5.60. The molecule has 174 valence electrons. The van der Waals surface area contributed by atoms with Crippen molar-refractivity contribution in [1.29, 1.82) is 0 Å². The molecule has 1 unspecified atom stereocenters. The number of hydrogen-bond donors (Lipinski definition) is 1. The molecule has 7 heteroatoms. The molecule has 6 nitrogen and oxygen atoms in total. The molecule has 1 atom stereocenters. The van der Waals surface area contributed by atoms with Crippen molar-refractivity contribution in [2.75, 3.05) is 19.1 Å². The van der Waals surface area contributed by atoms with Gasteiger partial charge in [-0.2, -0.15) is 0 Å². The van der Waals surface area contributed by atoms with Gasteiger partial charge in [0.25, 0.3) is 11.7 Å². The van der Waals surface area contributed by atoms with Gasteiger partial charge < -0.3 is 14.6 Å². The maximum absolute atomic E-state index is 13.4. The quantitative estimate of drug-likeness (QED) is 0.294. The van der Waals surface area contributed by atoms with E-state index in [2.05, 4.69) is 0 Å². The molecule has 1 heterocycles. The monoisotopic (exact) mass is 477 g/mol. The van der Waals surface area contributed by atoms with E-state index >= 15 is 0 Å². The van der Waals surface area contributed by atoms with Crippen LogP contribution in [0.1, 0.15) is 28.3 Å². The van der Waals surface area contributed by atoms with E-state index in [-0.39, 0.29) is 27.7 Å². The number of carbonyl (C=O) groups excluding carboxylic acids is 2. The van der Waals surface area contributed by atoms with Crippen LogP contribution in [0.15, 0.2) is 66.2 Å². The average molecular weight is 478 g/mol. The van der Waals surface area contributed by atoms with Crippen LogP contribution in [0.5, 0.6) is 11.5 Å². The van der Waals surface area contributed by atoms with E-state index < -0.39 is 17.7 Å². The van der Waals surface area contributed by atoms with E-state index in [1.54, 1.807) is 0 Å². The fourth-order valence-electron chi connectivity index (χ4n) is 4.33. The number of anilines is 1. The van der Waals surface area contributed by atoms with Crippen molar-refractivity contribution in [3.63, 3.8) is 0 Å². The lowest BCUT2D eigenvalue weighted by Crippen LogP contribution is -2.29. The van der Waals surface area contributed by atoms with Gasteiger partial charge in [0.05, 0.1) is 36.4 Å². The molecule has 34 heavy (non-hydrogen) atoms. The lowest BCUT2D eigenvalue weighted by Gasteiger charge is -2.26. The van der Waals surface area contributed by atoms with Crippen LogP contribution in [-0.4, -0.2) is 31.0 Å². The number of ether oxygens (including phenoxy) is 2. The second-order valence-electron chi connectivity index (χ2n) is 8.11. The fourth-order valence-corrected chi connectivity index (χ4v) is 4.57. The smallest absolute Gasteiger partial charge is 0.300 e. The number of hydrogen-bond acceptors (Lipinski definition) is 5. The van der Waals surface area contributed by atoms with Crippen LogP contribution in [0.4, 0.5) is 5.69 Å². The first-order chi connectivity index (χ1) is 16.3. The first kappa shape index (κ1) is 23.4. The summed E-state index contributed by atoms with van der Waals surface area (Å²) in [6.45, 7) is 3.85. The second-order valence-corrected chi connectivity index (χ2v) is 8.52. The Kier molecular flexibility index (Phi) is 6.35. The van der Waals surface area contributed by atoms with E-state index in [4.69, 9.17) is 21.1 Å². The number of Topliss-reactive ketones (excluding diaryl/α,β-unsaturated/α-hetero) is 1. The van der Waals surface area contributed by atoms with Crippen LogP contribution in [0, 0.1) is 13.8 Å². The summed E-state index contributed by atoms with van der Waals surface area (Å²) in [4.78, 5) is 28.1. The Morgan fingerprint density at radius 1 is 0.912 bits per heavy atom. The van der Waals surface area contributed by atoms with E-state index in [0.717, 1.165) is 11.1 Å². The number of rotatable bonds is 5. The molecule has 0 spiro atoms. The van der Waals surface area contributed by atoms with Crippen molar-refractivity contribution in [2.24, 2.45) is 0 Å². The molecule has 0 aliphatic carbocycles. The number of benzene rings is 3. The number of amides is 1. The molecule has 3 aromatic carbocycles. The van der Waals surface area contributed by atoms with Gasteiger partial charge in [-0.3, -0.25) is 14.5 Å². The minimum absolute atomic E-state index is 0.0464. The molecule has 1 fully saturated rings. The molecule has 4 rings (SSSR count). The fraction of sp³-hybridized carbons (Fsp3) is 0.185. The van der Waals surface area contributed by atoms with Gasteiger partial charge >= 0.3 is 0 Å². The summed E-state index contributed by atoms with van der Waals surface area (Å²) in [5.41, 5.74) is 3.30. The molecule has 1 N–H and O–H groups in total. The van der Waals surface area contributed by atoms with Gasteiger partial charge in [0.15, 0.2) is 0 Å². The summed E-state index contributed by atoms with van der Waals surface area (Å²) in [5, 5.41) is 11.6. The standard InChI is InChI=1S/C27H24ClNO5/c1-15-10-16(2)12-18(11-15)29-24(17-8-6-5-7-9-17)23(26(31)27(29)32)25(30)19-13-20(28)22(34-4)14-21(19)33-3/h5-14,24,30H,1-4H3/b25-23+. The molecule has 1 amide bonds. The molecule has 0 aromatic heterocycles. The minimum atomic E-state index is -0.840. The first-order valence-corrected chi connectivity index (χ1v) is 11.0. The number of methoxy groups -OCH3 is 2. The molecule has 0 saturated carbocycles. The molecule has 1 saturated heterocycles. The Labute approximate surface area is 203 Å². The van der Waals surface area contributed by atoms with Gasteiger partial charge in [-0.05, 0) is 48.7 Å². The summed E-state index contributed by atoms with van der Waals surface area (Å²) in [5.74, 6) is -1.28. The minimum Gasteiger partial charge on any atom is -0.507 e. The SMILES string of the molecule is COc1cc(OC)c(/C(O)=C2\C(=O)C(=O)N(c3cc(C)cc(C)c3)C2c2ccccc2)cc1Cl. The van der Waals surface area contributed by atoms with Crippen molar-refractivity contribution in [2.45, 2.75) is 19.9 Å². The third-order valence-electron chi connectivity index (χ3n) is 5.77. The van der Waals surface area contributed by atoms with Crippen LogP contribution in [0.2, 0.25) is 5.02 Å². The zero-order chi connectivity index (χ0) is 24.6. The number of ketones is 1. The van der Waals surface area contributed by atoms with Crippen molar-refractivity contribution in [3.05, 3.63) is 93.5 Å². The van der Waals surface area contributed by atoms with E-state index in [1.165, 1.54) is 31.3 Å². The highest BCUT2D eigenvalue weighted by molar-refractivity contribution is 6.51. The van der Waals surface area contributed by atoms with Crippen LogP contribution < -0.4 is 14.4 Å². The summed E-state index contributed by atoms with van der Waals surface area (Å²) in [7, 11) is 2.90. The van der Waals surface area contributed by atoms with Crippen molar-refractivity contribution in [3.8, 4) is 11.5 Å². The van der Waals surface area contributed by atoms with Gasteiger partial charge in [0.1, 0.15) is 17.3 Å². The molecule has 0 radical (unpaired) electrons. The van der Waals surface area contributed by atoms with Gasteiger partial charge in [0.2, 0.25) is 0 Å². The summed E-state index contributed by atoms with van der Waals surface area (Å²) < 4.78 is 10.7. The predicted molar refractivity (Wildman–Crippen MR) is 132 cm³/mol. The van der Waals surface area contributed by atoms with Gasteiger partial charge in [-0.1, -0.05) is 48.0 Å². The molecule has 1 aliphatic rings. The number of carbonyl (C=O) groups is 2. The van der Waals surface area contributed by atoms with E-state index in [0.29, 0.717) is 17.0 Å². The Morgan fingerprint density at radius 2 is 1.53 bits per heavy atom. The summed E-state index contributed by atoms with van der Waals surface area (Å²) in [6, 6.07) is 16.9. The van der Waals surface area contributed by atoms with Crippen molar-refractivity contribution in [1.82, 2.24) is 0 Å². The van der Waals surface area contributed by atoms with E-state index in [1.807, 2.05) is 62.4 Å². The van der Waals surface area contributed by atoms with Crippen molar-refractivity contribution < 1.29 is 24.2 Å². The van der Waals surface area contributed by atoms with Gasteiger partial charge in [-0.25, -0.2) is 0 Å². The number of aliphatic hydroxyl groups is 1. The summed E-state index contributed by atoms with van der Waals surface area (Å²) >= 11 is 6.31. The molecule has 1 aliphatic heterocycles. The molecule has 3 aromatic rings. The molecular formula is C27H24ClNO5. The highest BCUT2D eigenvalue weighted by Gasteiger charge is 2.47. The molecule has 0 bridgehead atoms. The third kappa shape index (κ3) is 4.01. The van der Waals surface area contributed by atoms with Crippen LogP contribution >= 0.6 is 11.6 Å². The average Bonchev–Trinajstić information content (AvgIpc) is 3.09. The maximum atomic E-state index is 13.4. The number of halogens is 1. The highest BCUT2D eigenvalue weighted by Crippen LogP contribution is 2.44. The van der Waals surface area contributed by atoms with Crippen LogP contribution in [-0.2, 0) is 9.59 Å². The topological polar surface area (TPSA) is 76.1 Å². The number of aliphatic hydroxyl groups excluding tert-OH is 1. The Hall–Kier alpha value is -3.77. The first-order valence-electron chi connectivity index (χ1n) is 10.6. The lowest BCUT2D eigenvalue weighted by atomic mass is 9.94. The van der Waals surface area contributed by atoms with Gasteiger partial charge in [0, 0.05) is 11.8 Å². The Morgan fingerprint density at radius 3 is 2.12 bits per heavy atom. The zero-order valence-electron chi connectivity index (χ0n) is 19.3. The number of aryl methyl sites for hydroxylation is 2. The molecular weight excluding hydrogens is 454 g/mol. The third-order valence-corrected chi connectivity index (χ3v) is 6.07. The van der Waals surface area contributed by atoms with Crippen LogP contribution in [0.25, 0.3) is 5.76 Å². The number of nitrogens with zero attached hydrogens (tertiary/aromatic N) is 1. The zero-order valence-corrected chi connectivity index (χ0v) is 20.0. The Bertz CT molecular complexity index is 1300. The van der Waals surface area contributed by atoms with E-state index in [9.17, 15) is 14.7 Å². The highest BCUT2D eigenvalue weighted by atomic mass is 35.5. The van der Waals surface area contributed by atoms with Crippen molar-refractivity contribution >= 4 is 34.7 Å². The largest absolute Gasteiger partial charge is 0.507 e. The normalized spacial score (nSPS) is 17.2. The second kappa shape index (κ2) is 9.23. The lowest BCUT2D eigenvalue weighted by molar-refractivity contribution is -0.132. The van der Waals surface area contributed by atoms with Gasteiger partial charge in [-0.15, -0.1) is 0 Å². The maximum Gasteiger partial charge on any atom is 0.300 e.